The van der Waals surface area contributed by atoms with Gasteiger partial charge in [-0.2, -0.15) is 0 Å². The highest BCUT2D eigenvalue weighted by atomic mass is 16.6. The molecular weight excluding hydrogens is 358 g/mol. The number of hydrogen-bond donors (Lipinski definition) is 1. The Balaban J connectivity index is 1.76. The van der Waals surface area contributed by atoms with Crippen molar-refractivity contribution in [3.8, 4) is 5.75 Å². The van der Waals surface area contributed by atoms with Gasteiger partial charge in [-0.1, -0.05) is 12.8 Å². The number of ether oxygens (including phenoxy) is 3. The van der Waals surface area contributed by atoms with E-state index in [1.54, 1.807) is 24.3 Å². The molecule has 154 valence electrons. The molecule has 2 fully saturated rings. The quantitative estimate of drug-likeness (QED) is 0.777. The van der Waals surface area contributed by atoms with Crippen molar-refractivity contribution in [2.45, 2.75) is 76.7 Å². The minimum Gasteiger partial charge on any atom is -0.477 e. The van der Waals surface area contributed by atoms with Crippen molar-refractivity contribution in [2.24, 2.45) is 5.92 Å². The lowest BCUT2D eigenvalue weighted by Gasteiger charge is -2.28. The zero-order valence-corrected chi connectivity index (χ0v) is 17.2. The molecule has 0 spiro atoms. The molecule has 0 amide bonds. The van der Waals surface area contributed by atoms with Gasteiger partial charge in [-0.25, -0.2) is 9.59 Å². The molecule has 1 N–H and O–H groups in total. The van der Waals surface area contributed by atoms with Gasteiger partial charge >= 0.3 is 11.9 Å². The average molecular weight is 389 g/mol. The van der Waals surface area contributed by atoms with Crippen LogP contribution in [0.25, 0.3) is 0 Å². The van der Waals surface area contributed by atoms with Crippen LogP contribution in [-0.2, 0) is 14.3 Å². The van der Waals surface area contributed by atoms with E-state index in [9.17, 15) is 9.59 Å². The number of nitrogens with one attached hydrogen (secondary N) is 1. The van der Waals surface area contributed by atoms with Crippen LogP contribution in [0.1, 0.15) is 63.2 Å². The SMILES string of the molecule is COC(=O)c1ccc(OC(C(=O)OC(C)(C)C)[C@@H]2CC3CCCCC3N2)cc1. The van der Waals surface area contributed by atoms with Crippen molar-refractivity contribution in [2.75, 3.05) is 7.11 Å². The van der Waals surface area contributed by atoms with Crippen LogP contribution >= 0.6 is 0 Å². The summed E-state index contributed by atoms with van der Waals surface area (Å²) in [4.78, 5) is 24.5. The fraction of sp³-hybridized carbons (Fsp3) is 0.636. The minimum absolute atomic E-state index is 0.0803. The summed E-state index contributed by atoms with van der Waals surface area (Å²) < 4.78 is 16.5. The summed E-state index contributed by atoms with van der Waals surface area (Å²) in [6.07, 6.45) is 5.01. The van der Waals surface area contributed by atoms with Crippen LogP contribution in [0.2, 0.25) is 0 Å². The first-order valence-corrected chi connectivity index (χ1v) is 10.1. The molecule has 1 aliphatic carbocycles. The Morgan fingerprint density at radius 2 is 1.79 bits per heavy atom. The summed E-state index contributed by atoms with van der Waals surface area (Å²) in [5, 5.41) is 3.62. The highest BCUT2D eigenvalue weighted by Gasteiger charge is 2.43. The average Bonchev–Trinajstić information content (AvgIpc) is 3.08. The number of esters is 2. The number of rotatable bonds is 5. The zero-order valence-electron chi connectivity index (χ0n) is 17.2. The van der Waals surface area contributed by atoms with Gasteiger partial charge in [0.2, 0.25) is 6.10 Å². The van der Waals surface area contributed by atoms with E-state index in [1.807, 2.05) is 20.8 Å². The van der Waals surface area contributed by atoms with Gasteiger partial charge in [0.25, 0.3) is 0 Å². The summed E-state index contributed by atoms with van der Waals surface area (Å²) in [7, 11) is 1.34. The van der Waals surface area contributed by atoms with E-state index in [2.05, 4.69) is 5.32 Å². The molecule has 2 aliphatic rings. The number of carbonyl (C=O) groups excluding carboxylic acids is 2. The predicted octanol–water partition coefficient (Wildman–Crippen LogP) is 3.48. The zero-order chi connectivity index (χ0) is 20.3. The third-order valence-electron chi connectivity index (χ3n) is 5.44. The fourth-order valence-corrected chi connectivity index (χ4v) is 4.18. The maximum absolute atomic E-state index is 12.9. The lowest BCUT2D eigenvalue weighted by Crippen LogP contribution is -2.48. The largest absolute Gasteiger partial charge is 0.477 e. The number of fused-ring (bicyclic) bond motifs is 1. The molecule has 3 rings (SSSR count). The Labute approximate surface area is 166 Å². The first kappa shape index (κ1) is 20.6. The molecule has 1 saturated heterocycles. The highest BCUT2D eigenvalue weighted by molar-refractivity contribution is 5.89. The second-order valence-electron chi connectivity index (χ2n) is 8.75. The Bertz CT molecular complexity index is 680. The van der Waals surface area contributed by atoms with Crippen LogP contribution in [0, 0.1) is 5.92 Å². The van der Waals surface area contributed by atoms with Gasteiger partial charge in [0.15, 0.2) is 0 Å². The van der Waals surface area contributed by atoms with E-state index in [0.29, 0.717) is 23.3 Å². The monoisotopic (exact) mass is 389 g/mol. The molecule has 0 radical (unpaired) electrons. The topological polar surface area (TPSA) is 73.9 Å². The second-order valence-corrected chi connectivity index (χ2v) is 8.75. The molecule has 0 bridgehead atoms. The molecule has 0 aromatic heterocycles. The number of benzene rings is 1. The molecule has 1 aliphatic heterocycles. The summed E-state index contributed by atoms with van der Waals surface area (Å²) in [6.45, 7) is 5.57. The summed E-state index contributed by atoms with van der Waals surface area (Å²) in [6, 6.07) is 7.01. The van der Waals surface area contributed by atoms with E-state index in [0.717, 1.165) is 12.8 Å². The molecular formula is C22H31NO5. The Hall–Kier alpha value is -2.08. The van der Waals surface area contributed by atoms with Crippen molar-refractivity contribution < 1.29 is 23.8 Å². The van der Waals surface area contributed by atoms with Crippen LogP contribution in [0.15, 0.2) is 24.3 Å². The maximum Gasteiger partial charge on any atom is 0.349 e. The van der Waals surface area contributed by atoms with Gasteiger partial charge < -0.3 is 19.5 Å². The Morgan fingerprint density at radius 1 is 1.11 bits per heavy atom. The molecule has 6 nitrogen and oxygen atoms in total. The van der Waals surface area contributed by atoms with E-state index < -0.39 is 17.7 Å². The van der Waals surface area contributed by atoms with Crippen LogP contribution in [0.3, 0.4) is 0 Å². The summed E-state index contributed by atoms with van der Waals surface area (Å²) >= 11 is 0. The Kier molecular flexibility index (Phi) is 6.28. The molecule has 1 saturated carbocycles. The Morgan fingerprint density at radius 3 is 2.39 bits per heavy atom. The van der Waals surface area contributed by atoms with Crippen molar-refractivity contribution in [1.29, 1.82) is 0 Å². The summed E-state index contributed by atoms with van der Waals surface area (Å²) in [5.74, 6) is 0.353. The second kappa shape index (κ2) is 8.52. The lowest BCUT2D eigenvalue weighted by atomic mass is 9.84. The number of methoxy groups -OCH3 is 1. The van der Waals surface area contributed by atoms with E-state index in [4.69, 9.17) is 14.2 Å². The molecule has 1 aromatic rings. The van der Waals surface area contributed by atoms with Gasteiger partial charge in [-0.3, -0.25) is 0 Å². The molecule has 6 heteroatoms. The molecule has 1 heterocycles. The molecule has 4 atom stereocenters. The van der Waals surface area contributed by atoms with Crippen molar-refractivity contribution >= 4 is 11.9 Å². The standard InChI is InChI=1S/C22H31NO5/c1-22(2,3)28-21(25)19(18-13-15-7-5-6-8-17(15)23-18)27-16-11-9-14(10-12-16)20(24)26-4/h9-12,15,17-19,23H,5-8,13H2,1-4H3/t15?,17?,18-,19?/m0/s1. The van der Waals surface area contributed by atoms with E-state index in [-0.39, 0.29) is 12.0 Å². The fourth-order valence-electron chi connectivity index (χ4n) is 4.18. The molecule has 1 aromatic carbocycles. The molecule has 28 heavy (non-hydrogen) atoms. The first-order valence-electron chi connectivity index (χ1n) is 10.1. The minimum atomic E-state index is -0.728. The van der Waals surface area contributed by atoms with E-state index in [1.165, 1.54) is 26.4 Å². The normalized spacial score (nSPS) is 25.5. The van der Waals surface area contributed by atoms with Crippen LogP contribution in [0.4, 0.5) is 0 Å². The smallest absolute Gasteiger partial charge is 0.349 e. The number of hydrogen-bond acceptors (Lipinski definition) is 6. The third-order valence-corrected chi connectivity index (χ3v) is 5.44. The highest BCUT2D eigenvalue weighted by Crippen LogP contribution is 2.35. The lowest BCUT2D eigenvalue weighted by molar-refractivity contribution is -0.164. The van der Waals surface area contributed by atoms with Crippen LogP contribution in [-0.4, -0.2) is 42.8 Å². The van der Waals surface area contributed by atoms with Gasteiger partial charge in [0.1, 0.15) is 11.4 Å². The number of carbonyl (C=O) groups is 2. The van der Waals surface area contributed by atoms with Gasteiger partial charge in [-0.05, 0) is 70.2 Å². The first-order chi connectivity index (χ1) is 13.3. The van der Waals surface area contributed by atoms with Crippen LogP contribution in [0.5, 0.6) is 5.75 Å². The molecule has 3 unspecified atom stereocenters. The summed E-state index contributed by atoms with van der Waals surface area (Å²) in [5.41, 5.74) is -0.146. The van der Waals surface area contributed by atoms with E-state index >= 15 is 0 Å². The van der Waals surface area contributed by atoms with Gasteiger partial charge in [0.05, 0.1) is 18.7 Å². The van der Waals surface area contributed by atoms with Crippen molar-refractivity contribution in [1.82, 2.24) is 5.32 Å². The van der Waals surface area contributed by atoms with Gasteiger partial charge in [-0.15, -0.1) is 0 Å². The van der Waals surface area contributed by atoms with Crippen molar-refractivity contribution in [3.63, 3.8) is 0 Å². The van der Waals surface area contributed by atoms with Gasteiger partial charge in [0, 0.05) is 6.04 Å². The van der Waals surface area contributed by atoms with Crippen LogP contribution < -0.4 is 10.1 Å². The maximum atomic E-state index is 12.9. The third kappa shape index (κ3) is 5.04. The predicted molar refractivity (Wildman–Crippen MR) is 105 cm³/mol. The van der Waals surface area contributed by atoms with Crippen molar-refractivity contribution in [3.05, 3.63) is 29.8 Å².